The maximum Gasteiger partial charge on any atom is 0.260 e. The van der Waals surface area contributed by atoms with E-state index in [1.807, 2.05) is 18.2 Å². The Morgan fingerprint density at radius 2 is 2.10 bits per heavy atom. The minimum atomic E-state index is -0.245. The highest BCUT2D eigenvalue weighted by atomic mass is 16.5. The number of carbonyl (C=O) groups excluding carboxylic acids is 1. The Kier molecular flexibility index (Phi) is 3.23. The molecule has 7 heteroatoms. The third-order valence-corrected chi connectivity index (χ3v) is 3.01. The van der Waals surface area contributed by atoms with E-state index in [4.69, 9.17) is 4.52 Å². The summed E-state index contributed by atoms with van der Waals surface area (Å²) in [5.74, 6) is 0.661. The fourth-order valence-electron chi connectivity index (χ4n) is 1.95. The van der Waals surface area contributed by atoms with Crippen LogP contribution in [0, 0.1) is 13.8 Å². The predicted molar refractivity (Wildman–Crippen MR) is 75.7 cm³/mol. The molecule has 0 atom stereocenters. The van der Waals surface area contributed by atoms with E-state index in [9.17, 15) is 4.79 Å². The molecule has 1 aromatic carbocycles. The fraction of sp³-hybridized carbons (Fsp3) is 0.143. The molecule has 0 saturated carbocycles. The highest BCUT2D eigenvalue weighted by Crippen LogP contribution is 2.26. The van der Waals surface area contributed by atoms with Gasteiger partial charge in [0, 0.05) is 5.69 Å². The third kappa shape index (κ3) is 2.53. The van der Waals surface area contributed by atoms with Gasteiger partial charge in [-0.3, -0.25) is 9.89 Å². The van der Waals surface area contributed by atoms with E-state index in [-0.39, 0.29) is 5.91 Å². The number of benzene rings is 1. The zero-order valence-electron chi connectivity index (χ0n) is 11.5. The van der Waals surface area contributed by atoms with Gasteiger partial charge in [-0.15, -0.1) is 0 Å². The molecule has 2 aromatic heterocycles. The summed E-state index contributed by atoms with van der Waals surface area (Å²) in [6.07, 6.45) is 1.49. The van der Waals surface area contributed by atoms with Crippen LogP contribution in [0.3, 0.4) is 0 Å². The summed E-state index contributed by atoms with van der Waals surface area (Å²) < 4.78 is 5.16. The highest BCUT2D eigenvalue weighted by Gasteiger charge is 2.16. The van der Waals surface area contributed by atoms with E-state index in [0.717, 1.165) is 0 Å². The Bertz CT molecular complexity index is 790. The van der Waals surface area contributed by atoms with Crippen LogP contribution in [0.15, 0.2) is 35.0 Å². The smallest absolute Gasteiger partial charge is 0.260 e. The molecular weight excluding hydrogens is 270 g/mol. The molecule has 106 valence electrons. The number of rotatable bonds is 3. The number of hydrogen-bond donors (Lipinski definition) is 2. The minimum absolute atomic E-state index is 0.245. The number of anilines is 1. The molecule has 2 heterocycles. The number of nitrogens with zero attached hydrogens (tertiary/aromatic N) is 3. The van der Waals surface area contributed by atoms with Gasteiger partial charge >= 0.3 is 0 Å². The van der Waals surface area contributed by atoms with Gasteiger partial charge in [-0.1, -0.05) is 17.3 Å². The Hall–Kier alpha value is -2.96. The molecule has 0 aliphatic carbocycles. The van der Waals surface area contributed by atoms with Crippen molar-refractivity contribution < 1.29 is 9.32 Å². The van der Waals surface area contributed by atoms with Crippen molar-refractivity contribution in [2.75, 3.05) is 5.32 Å². The molecule has 3 aromatic rings. The summed E-state index contributed by atoms with van der Waals surface area (Å²) in [5.41, 5.74) is 2.48. The van der Waals surface area contributed by atoms with Crippen LogP contribution >= 0.6 is 0 Å². The standard InChI is InChI=1S/C14H13N5O2/c1-8-11(7-15-18-8)13(20)17-12-6-4-3-5-10(12)14-16-9(2)19-21-14/h3-7H,1-2H3,(H,15,18)(H,17,20). The summed E-state index contributed by atoms with van der Waals surface area (Å²) in [7, 11) is 0. The lowest BCUT2D eigenvalue weighted by Crippen LogP contribution is -2.13. The molecule has 0 spiro atoms. The molecule has 1 amide bonds. The first-order chi connectivity index (χ1) is 10.1. The summed E-state index contributed by atoms with van der Waals surface area (Å²) in [6, 6.07) is 7.26. The predicted octanol–water partition coefficient (Wildman–Crippen LogP) is 2.33. The number of H-pyrrole nitrogens is 1. The van der Waals surface area contributed by atoms with Crippen LogP contribution in [0.1, 0.15) is 21.9 Å². The van der Waals surface area contributed by atoms with Crippen molar-refractivity contribution in [3.05, 3.63) is 47.5 Å². The van der Waals surface area contributed by atoms with Crippen molar-refractivity contribution in [2.45, 2.75) is 13.8 Å². The van der Waals surface area contributed by atoms with E-state index in [1.165, 1.54) is 6.20 Å². The van der Waals surface area contributed by atoms with Crippen LogP contribution in [0.4, 0.5) is 5.69 Å². The zero-order chi connectivity index (χ0) is 14.8. The van der Waals surface area contributed by atoms with Crippen molar-refractivity contribution in [1.82, 2.24) is 20.3 Å². The largest absolute Gasteiger partial charge is 0.334 e. The molecule has 0 bridgehead atoms. The van der Waals surface area contributed by atoms with E-state index in [1.54, 1.807) is 19.9 Å². The number of para-hydroxylation sites is 1. The molecule has 0 fully saturated rings. The van der Waals surface area contributed by atoms with Gasteiger partial charge in [-0.25, -0.2) is 0 Å². The maximum atomic E-state index is 12.2. The SMILES string of the molecule is Cc1noc(-c2ccccc2NC(=O)c2cn[nH]c2C)n1. The van der Waals surface area contributed by atoms with Crippen LogP contribution < -0.4 is 5.32 Å². The lowest BCUT2D eigenvalue weighted by atomic mass is 10.1. The highest BCUT2D eigenvalue weighted by molar-refractivity contribution is 6.06. The monoisotopic (exact) mass is 283 g/mol. The summed E-state index contributed by atoms with van der Waals surface area (Å²) in [5, 5.41) is 13.2. The van der Waals surface area contributed by atoms with Crippen LogP contribution in [-0.2, 0) is 0 Å². The van der Waals surface area contributed by atoms with Gasteiger partial charge in [0.2, 0.25) is 0 Å². The average molecular weight is 283 g/mol. The Balaban J connectivity index is 1.93. The molecule has 3 rings (SSSR count). The molecule has 7 nitrogen and oxygen atoms in total. The normalized spacial score (nSPS) is 10.6. The molecule has 0 saturated heterocycles. The van der Waals surface area contributed by atoms with Crippen molar-refractivity contribution >= 4 is 11.6 Å². The first-order valence-corrected chi connectivity index (χ1v) is 6.36. The molecule has 2 N–H and O–H groups in total. The van der Waals surface area contributed by atoms with Crippen molar-refractivity contribution in [2.24, 2.45) is 0 Å². The number of hydrogen-bond acceptors (Lipinski definition) is 5. The molecule has 0 unspecified atom stereocenters. The molecule has 0 radical (unpaired) electrons. The Morgan fingerprint density at radius 3 is 2.76 bits per heavy atom. The minimum Gasteiger partial charge on any atom is -0.334 e. The van der Waals surface area contributed by atoms with Crippen LogP contribution in [0.5, 0.6) is 0 Å². The van der Waals surface area contributed by atoms with Crippen molar-refractivity contribution in [1.29, 1.82) is 0 Å². The fourth-order valence-corrected chi connectivity index (χ4v) is 1.95. The summed E-state index contributed by atoms with van der Waals surface area (Å²) in [6.45, 7) is 3.53. The van der Waals surface area contributed by atoms with Crippen molar-refractivity contribution in [3.63, 3.8) is 0 Å². The number of carbonyl (C=O) groups is 1. The van der Waals surface area contributed by atoms with Crippen LogP contribution in [0.2, 0.25) is 0 Å². The second-order valence-corrected chi connectivity index (χ2v) is 4.56. The number of aromatic nitrogens is 4. The Morgan fingerprint density at radius 1 is 1.29 bits per heavy atom. The maximum absolute atomic E-state index is 12.2. The van der Waals surface area contributed by atoms with Crippen molar-refractivity contribution in [3.8, 4) is 11.5 Å². The van der Waals surface area contributed by atoms with Gasteiger partial charge in [-0.05, 0) is 26.0 Å². The molecule has 0 aliphatic rings. The average Bonchev–Trinajstić information content (AvgIpc) is 3.08. The van der Waals surface area contributed by atoms with E-state index < -0.39 is 0 Å². The number of aryl methyl sites for hydroxylation is 2. The lowest BCUT2D eigenvalue weighted by molar-refractivity contribution is 0.102. The number of aromatic amines is 1. The first kappa shape index (κ1) is 13.0. The van der Waals surface area contributed by atoms with Crippen LogP contribution in [-0.4, -0.2) is 26.2 Å². The van der Waals surface area contributed by atoms with E-state index in [0.29, 0.717) is 34.2 Å². The second-order valence-electron chi connectivity index (χ2n) is 4.56. The molecule has 21 heavy (non-hydrogen) atoms. The van der Waals surface area contributed by atoms with Gasteiger partial charge in [-0.2, -0.15) is 10.1 Å². The Labute approximate surface area is 120 Å². The van der Waals surface area contributed by atoms with Gasteiger partial charge in [0.1, 0.15) is 0 Å². The lowest BCUT2D eigenvalue weighted by Gasteiger charge is -2.07. The number of amides is 1. The third-order valence-electron chi connectivity index (χ3n) is 3.01. The van der Waals surface area contributed by atoms with E-state index >= 15 is 0 Å². The van der Waals surface area contributed by atoms with Gasteiger partial charge in [0.05, 0.1) is 23.0 Å². The topological polar surface area (TPSA) is 96.7 Å². The van der Waals surface area contributed by atoms with Gasteiger partial charge in [0.25, 0.3) is 11.8 Å². The second kappa shape index (κ2) is 5.20. The van der Waals surface area contributed by atoms with Crippen LogP contribution in [0.25, 0.3) is 11.5 Å². The van der Waals surface area contributed by atoms with Gasteiger partial charge < -0.3 is 9.84 Å². The summed E-state index contributed by atoms with van der Waals surface area (Å²) in [4.78, 5) is 16.4. The number of nitrogens with one attached hydrogen (secondary N) is 2. The molecule has 0 aliphatic heterocycles. The summed E-state index contributed by atoms with van der Waals surface area (Å²) >= 11 is 0. The van der Waals surface area contributed by atoms with Gasteiger partial charge in [0.15, 0.2) is 5.82 Å². The zero-order valence-corrected chi connectivity index (χ0v) is 11.5. The first-order valence-electron chi connectivity index (χ1n) is 6.36. The molecular formula is C14H13N5O2. The van der Waals surface area contributed by atoms with E-state index in [2.05, 4.69) is 25.7 Å². The quantitative estimate of drug-likeness (QED) is 0.769.